The SMILES string of the molecule is CN=C1S/C(=C\c2ccc(-c3ccc(Cl)cc3C(=O)[O-])o2)C(=O)N1C. The second-order valence-electron chi connectivity index (χ2n) is 5.16. The summed E-state index contributed by atoms with van der Waals surface area (Å²) in [6.07, 6.45) is 1.60. The predicted octanol–water partition coefficient (Wildman–Crippen LogP) is 2.50. The van der Waals surface area contributed by atoms with Gasteiger partial charge in [0, 0.05) is 36.3 Å². The molecule has 1 fully saturated rings. The quantitative estimate of drug-likeness (QED) is 0.769. The Bertz CT molecular complexity index is 932. The maximum absolute atomic E-state index is 12.2. The summed E-state index contributed by atoms with van der Waals surface area (Å²) in [7, 11) is 3.26. The van der Waals surface area contributed by atoms with Crippen LogP contribution in [0, 0.1) is 0 Å². The fraction of sp³-hybridized carbons (Fsp3) is 0.118. The highest BCUT2D eigenvalue weighted by molar-refractivity contribution is 8.18. The van der Waals surface area contributed by atoms with Gasteiger partial charge in [-0.15, -0.1) is 0 Å². The Morgan fingerprint density at radius 2 is 2.12 bits per heavy atom. The van der Waals surface area contributed by atoms with E-state index in [0.29, 0.717) is 32.2 Å². The van der Waals surface area contributed by atoms with Crippen LogP contribution >= 0.6 is 23.4 Å². The molecule has 0 unspecified atom stereocenters. The Labute approximate surface area is 152 Å². The number of carbonyl (C=O) groups excluding carboxylic acids is 2. The molecule has 1 aliphatic heterocycles. The van der Waals surface area contributed by atoms with Crippen LogP contribution in [-0.2, 0) is 4.79 Å². The van der Waals surface area contributed by atoms with Crippen LogP contribution < -0.4 is 5.11 Å². The fourth-order valence-electron chi connectivity index (χ4n) is 2.35. The monoisotopic (exact) mass is 375 g/mol. The lowest BCUT2D eigenvalue weighted by atomic mass is 10.1. The van der Waals surface area contributed by atoms with E-state index in [0.717, 1.165) is 0 Å². The van der Waals surface area contributed by atoms with E-state index in [1.807, 2.05) is 0 Å². The molecule has 2 aromatic rings. The summed E-state index contributed by atoms with van der Waals surface area (Å²) in [4.78, 5) is 29.4. The zero-order chi connectivity index (χ0) is 18.1. The zero-order valence-corrected chi connectivity index (χ0v) is 14.9. The second-order valence-corrected chi connectivity index (χ2v) is 6.61. The third kappa shape index (κ3) is 3.33. The molecule has 1 aliphatic rings. The standard InChI is InChI=1S/C17H13ClN2O4S/c1-19-17-20(2)15(21)14(25-17)8-10-4-6-13(24-10)11-5-3-9(18)7-12(11)16(22)23/h3-8H,1-2H3,(H,22,23)/p-1/b14-8-,19-17?. The minimum atomic E-state index is -1.35. The normalized spacial score (nSPS) is 17.7. The molecule has 3 rings (SSSR count). The number of hydrogen-bond donors (Lipinski definition) is 0. The van der Waals surface area contributed by atoms with Crippen molar-refractivity contribution in [3.05, 3.63) is 51.6 Å². The van der Waals surface area contributed by atoms with Gasteiger partial charge in [-0.25, -0.2) is 0 Å². The fourth-order valence-corrected chi connectivity index (χ4v) is 3.43. The van der Waals surface area contributed by atoms with Gasteiger partial charge in [0.25, 0.3) is 5.91 Å². The Balaban J connectivity index is 1.96. The third-order valence-corrected chi connectivity index (χ3v) is 4.95. The highest BCUT2D eigenvalue weighted by Gasteiger charge is 2.30. The van der Waals surface area contributed by atoms with E-state index in [2.05, 4.69) is 4.99 Å². The van der Waals surface area contributed by atoms with Gasteiger partial charge < -0.3 is 14.3 Å². The number of rotatable bonds is 3. The van der Waals surface area contributed by atoms with Gasteiger partial charge in [0.1, 0.15) is 11.5 Å². The van der Waals surface area contributed by atoms with Crippen LogP contribution in [0.15, 0.2) is 44.6 Å². The summed E-state index contributed by atoms with van der Waals surface area (Å²) in [5.41, 5.74) is 0.292. The number of amides is 1. The van der Waals surface area contributed by atoms with Crippen LogP contribution in [0.25, 0.3) is 17.4 Å². The van der Waals surface area contributed by atoms with Crippen molar-refractivity contribution < 1.29 is 19.1 Å². The minimum Gasteiger partial charge on any atom is -0.545 e. The largest absolute Gasteiger partial charge is 0.545 e. The number of hydrogen-bond acceptors (Lipinski definition) is 6. The van der Waals surface area contributed by atoms with Crippen LogP contribution in [-0.4, -0.2) is 36.0 Å². The molecule has 1 aromatic heterocycles. The van der Waals surface area contributed by atoms with E-state index < -0.39 is 5.97 Å². The van der Waals surface area contributed by atoms with Crippen molar-refractivity contribution in [2.75, 3.05) is 14.1 Å². The van der Waals surface area contributed by atoms with Crippen LogP contribution in [0.5, 0.6) is 0 Å². The van der Waals surface area contributed by atoms with Gasteiger partial charge in [0.15, 0.2) is 5.17 Å². The van der Waals surface area contributed by atoms with Crippen LogP contribution in [0.3, 0.4) is 0 Å². The lowest BCUT2D eigenvalue weighted by Crippen LogP contribution is -2.23. The highest BCUT2D eigenvalue weighted by Crippen LogP contribution is 2.33. The first kappa shape index (κ1) is 17.3. The Morgan fingerprint density at radius 1 is 1.36 bits per heavy atom. The number of benzene rings is 1. The summed E-state index contributed by atoms with van der Waals surface area (Å²) in [6, 6.07) is 7.71. The topological polar surface area (TPSA) is 85.9 Å². The highest BCUT2D eigenvalue weighted by atomic mass is 35.5. The summed E-state index contributed by atoms with van der Waals surface area (Å²) in [5, 5.41) is 12.2. The van der Waals surface area contributed by atoms with E-state index in [1.165, 1.54) is 22.7 Å². The van der Waals surface area contributed by atoms with E-state index in [9.17, 15) is 14.7 Å². The van der Waals surface area contributed by atoms with E-state index in [-0.39, 0.29) is 11.5 Å². The van der Waals surface area contributed by atoms with Gasteiger partial charge >= 0.3 is 0 Å². The first-order valence-electron chi connectivity index (χ1n) is 7.16. The average Bonchev–Trinajstić information content (AvgIpc) is 3.15. The number of carbonyl (C=O) groups is 2. The molecule has 8 heteroatoms. The molecule has 1 aromatic carbocycles. The average molecular weight is 376 g/mol. The van der Waals surface area contributed by atoms with Crippen LogP contribution in [0.1, 0.15) is 16.1 Å². The van der Waals surface area contributed by atoms with Crippen molar-refractivity contribution in [1.82, 2.24) is 4.90 Å². The Morgan fingerprint density at radius 3 is 2.76 bits per heavy atom. The number of amidine groups is 1. The molecule has 0 atom stereocenters. The molecular formula is C17H12ClN2O4S-. The van der Waals surface area contributed by atoms with Crippen LogP contribution in [0.2, 0.25) is 5.02 Å². The van der Waals surface area contributed by atoms with Crippen molar-refractivity contribution >= 4 is 46.5 Å². The number of nitrogens with zero attached hydrogens (tertiary/aromatic N) is 2. The van der Waals surface area contributed by atoms with Crippen molar-refractivity contribution in [3.63, 3.8) is 0 Å². The molecule has 2 heterocycles. The number of carboxylic acids is 1. The number of halogens is 1. The molecular weight excluding hydrogens is 364 g/mol. The molecule has 0 radical (unpaired) electrons. The summed E-state index contributed by atoms with van der Waals surface area (Å²) < 4.78 is 5.68. The molecule has 0 N–H and O–H groups in total. The van der Waals surface area contributed by atoms with Crippen molar-refractivity contribution in [2.24, 2.45) is 4.99 Å². The number of carboxylic acid groups (broad SMARTS) is 1. The van der Waals surface area contributed by atoms with Gasteiger partial charge in [-0.2, -0.15) is 0 Å². The second kappa shape index (κ2) is 6.78. The number of aromatic carboxylic acids is 1. The van der Waals surface area contributed by atoms with Gasteiger partial charge in [0.2, 0.25) is 0 Å². The predicted molar refractivity (Wildman–Crippen MR) is 95.2 cm³/mol. The molecule has 6 nitrogen and oxygen atoms in total. The van der Waals surface area contributed by atoms with Gasteiger partial charge in [0.05, 0.1) is 10.9 Å². The molecule has 25 heavy (non-hydrogen) atoms. The lowest BCUT2D eigenvalue weighted by Gasteiger charge is -2.08. The first-order valence-corrected chi connectivity index (χ1v) is 8.35. The molecule has 0 spiro atoms. The molecule has 0 aliphatic carbocycles. The smallest absolute Gasteiger partial charge is 0.266 e. The number of furan rings is 1. The molecule has 0 saturated carbocycles. The summed E-state index contributed by atoms with van der Waals surface area (Å²) >= 11 is 7.08. The molecule has 1 saturated heterocycles. The number of thioether (sulfide) groups is 1. The summed E-state index contributed by atoms with van der Waals surface area (Å²) in [5.74, 6) is -0.752. The lowest BCUT2D eigenvalue weighted by molar-refractivity contribution is -0.254. The first-order chi connectivity index (χ1) is 11.9. The third-order valence-electron chi connectivity index (χ3n) is 3.56. The van der Waals surface area contributed by atoms with Crippen molar-refractivity contribution in [1.29, 1.82) is 0 Å². The number of likely N-dealkylation sites (N-methyl/N-ethyl adjacent to an activating group) is 1. The zero-order valence-electron chi connectivity index (χ0n) is 13.3. The van der Waals surface area contributed by atoms with Gasteiger partial charge in [-0.05, 0) is 42.1 Å². The van der Waals surface area contributed by atoms with Crippen molar-refractivity contribution in [2.45, 2.75) is 0 Å². The van der Waals surface area contributed by atoms with E-state index >= 15 is 0 Å². The maximum atomic E-state index is 12.2. The Kier molecular flexibility index (Phi) is 4.69. The molecule has 128 valence electrons. The minimum absolute atomic E-state index is 0.0625. The van der Waals surface area contributed by atoms with Crippen molar-refractivity contribution in [3.8, 4) is 11.3 Å². The van der Waals surface area contributed by atoms with Gasteiger partial charge in [-0.1, -0.05) is 11.6 Å². The molecule has 0 bridgehead atoms. The summed E-state index contributed by atoms with van der Waals surface area (Å²) in [6.45, 7) is 0. The maximum Gasteiger partial charge on any atom is 0.266 e. The molecule has 1 amide bonds. The Hall–Kier alpha value is -2.51. The van der Waals surface area contributed by atoms with E-state index in [1.54, 1.807) is 44.4 Å². The van der Waals surface area contributed by atoms with E-state index in [4.69, 9.17) is 16.0 Å². The number of aliphatic imine (C=N–C) groups is 1. The van der Waals surface area contributed by atoms with Gasteiger partial charge in [-0.3, -0.25) is 14.7 Å². The van der Waals surface area contributed by atoms with Crippen LogP contribution in [0.4, 0.5) is 0 Å².